The summed E-state index contributed by atoms with van der Waals surface area (Å²) in [5.41, 5.74) is 2.19. The molecule has 1 radical (unpaired) electrons. The Morgan fingerprint density at radius 3 is 1.90 bits per heavy atom. The summed E-state index contributed by atoms with van der Waals surface area (Å²) in [5, 5.41) is 13.2. The number of rotatable bonds is 4. The topological polar surface area (TPSA) is 37.3 Å². The fourth-order valence-electron chi connectivity index (χ4n) is 2.13. The monoisotopic (exact) mass is 279 g/mol. The van der Waals surface area contributed by atoms with Gasteiger partial charge in [0.25, 0.3) is 0 Å². The highest BCUT2D eigenvalue weighted by Gasteiger charge is 2.08. The van der Waals surface area contributed by atoms with Gasteiger partial charge in [0, 0.05) is 18.1 Å². The standard InChI is InChI=1S/C17H15N2O2/c1-21-17-10-8-16(9-11-17)19(20)15-6-4-14(5-7-15)18-12-2-3-13-18/h2-13H,1H3. The minimum absolute atomic E-state index is 0.574. The van der Waals surface area contributed by atoms with Crippen LogP contribution < -0.4 is 9.80 Å². The van der Waals surface area contributed by atoms with Crippen molar-refractivity contribution in [1.29, 1.82) is 0 Å². The van der Waals surface area contributed by atoms with Crippen LogP contribution in [0.5, 0.6) is 5.75 Å². The minimum Gasteiger partial charge on any atom is -0.497 e. The lowest BCUT2D eigenvalue weighted by molar-refractivity contribution is 0.196. The Hall–Kier alpha value is -2.72. The second kappa shape index (κ2) is 5.73. The van der Waals surface area contributed by atoms with Crippen molar-refractivity contribution >= 4 is 11.4 Å². The molecule has 0 aliphatic heterocycles. The summed E-state index contributed by atoms with van der Waals surface area (Å²) >= 11 is 0. The molecule has 0 N–H and O–H groups in total. The van der Waals surface area contributed by atoms with Gasteiger partial charge in [-0.3, -0.25) is 0 Å². The van der Waals surface area contributed by atoms with Crippen LogP contribution in [0.1, 0.15) is 0 Å². The van der Waals surface area contributed by atoms with Crippen molar-refractivity contribution in [3.05, 3.63) is 73.1 Å². The van der Waals surface area contributed by atoms with E-state index in [1.54, 1.807) is 31.4 Å². The Labute approximate surface area is 123 Å². The van der Waals surface area contributed by atoms with E-state index in [9.17, 15) is 5.21 Å². The van der Waals surface area contributed by atoms with Gasteiger partial charge in [-0.15, -0.1) is 0 Å². The molecular formula is C17H15N2O2. The first-order valence-corrected chi connectivity index (χ1v) is 6.62. The third-order valence-corrected chi connectivity index (χ3v) is 3.29. The minimum atomic E-state index is 0.574. The van der Waals surface area contributed by atoms with E-state index in [1.165, 1.54) is 0 Å². The highest BCUT2D eigenvalue weighted by molar-refractivity contribution is 5.61. The van der Waals surface area contributed by atoms with Gasteiger partial charge in [-0.25, -0.2) is 0 Å². The molecule has 21 heavy (non-hydrogen) atoms. The van der Waals surface area contributed by atoms with Crippen molar-refractivity contribution in [2.45, 2.75) is 0 Å². The molecule has 0 unspecified atom stereocenters. The molecule has 3 aromatic rings. The van der Waals surface area contributed by atoms with Gasteiger partial charge in [0.05, 0.1) is 18.5 Å². The van der Waals surface area contributed by atoms with E-state index in [1.807, 2.05) is 53.4 Å². The first-order valence-electron chi connectivity index (χ1n) is 6.62. The number of hydrogen-bond acceptors (Lipinski definition) is 2. The molecule has 1 heterocycles. The summed E-state index contributed by atoms with van der Waals surface area (Å²) in [4.78, 5) is 0. The van der Waals surface area contributed by atoms with E-state index in [4.69, 9.17) is 4.74 Å². The maximum atomic E-state index is 12.3. The lowest BCUT2D eigenvalue weighted by atomic mass is 10.2. The first-order chi connectivity index (χ1) is 10.3. The van der Waals surface area contributed by atoms with E-state index >= 15 is 0 Å². The first kappa shape index (κ1) is 13.3. The molecule has 4 nitrogen and oxygen atoms in total. The molecule has 0 saturated carbocycles. The summed E-state index contributed by atoms with van der Waals surface area (Å²) in [7, 11) is 1.60. The predicted molar refractivity (Wildman–Crippen MR) is 81.6 cm³/mol. The maximum absolute atomic E-state index is 12.3. The molecule has 0 bridgehead atoms. The van der Waals surface area contributed by atoms with E-state index in [-0.39, 0.29) is 0 Å². The summed E-state index contributed by atoms with van der Waals surface area (Å²) < 4.78 is 7.08. The zero-order valence-electron chi connectivity index (χ0n) is 11.6. The lowest BCUT2D eigenvalue weighted by Gasteiger charge is -2.15. The average molecular weight is 279 g/mol. The third-order valence-electron chi connectivity index (χ3n) is 3.29. The van der Waals surface area contributed by atoms with Gasteiger partial charge in [-0.2, -0.15) is 5.06 Å². The summed E-state index contributed by atoms with van der Waals surface area (Å²) in [6.07, 6.45) is 3.93. The largest absolute Gasteiger partial charge is 0.497 e. The molecule has 0 fully saturated rings. The summed E-state index contributed by atoms with van der Waals surface area (Å²) in [5.74, 6) is 0.732. The van der Waals surface area contributed by atoms with Crippen LogP contribution in [-0.2, 0) is 5.21 Å². The van der Waals surface area contributed by atoms with Gasteiger partial charge in [-0.05, 0) is 60.7 Å². The maximum Gasteiger partial charge on any atom is 0.119 e. The van der Waals surface area contributed by atoms with Gasteiger partial charge in [-0.1, -0.05) is 5.21 Å². The summed E-state index contributed by atoms with van der Waals surface area (Å²) in [6.45, 7) is 0. The van der Waals surface area contributed by atoms with Gasteiger partial charge < -0.3 is 9.30 Å². The van der Waals surface area contributed by atoms with Crippen LogP contribution in [-0.4, -0.2) is 11.7 Å². The molecule has 0 aliphatic carbocycles. The number of aromatic nitrogens is 1. The molecule has 0 saturated heterocycles. The number of nitrogens with zero attached hydrogens (tertiary/aromatic N) is 2. The molecular weight excluding hydrogens is 264 g/mol. The SMILES string of the molecule is COc1ccc(N([O])c2ccc(-n3cccc3)cc2)cc1. The quantitative estimate of drug-likeness (QED) is 0.678. The highest BCUT2D eigenvalue weighted by Crippen LogP contribution is 2.26. The smallest absolute Gasteiger partial charge is 0.119 e. The molecule has 0 atom stereocenters. The molecule has 0 spiro atoms. The number of hydrogen-bond donors (Lipinski definition) is 0. The Balaban J connectivity index is 1.82. The highest BCUT2D eigenvalue weighted by atomic mass is 16.5. The molecule has 105 valence electrons. The second-order valence-corrected chi connectivity index (χ2v) is 4.60. The van der Waals surface area contributed by atoms with E-state index in [2.05, 4.69) is 0 Å². The Bertz CT molecular complexity index is 689. The molecule has 2 aromatic carbocycles. The van der Waals surface area contributed by atoms with Crippen molar-refractivity contribution in [3.63, 3.8) is 0 Å². The van der Waals surface area contributed by atoms with Crippen molar-refractivity contribution in [3.8, 4) is 11.4 Å². The number of ether oxygens (including phenoxy) is 1. The molecule has 4 heteroatoms. The van der Waals surface area contributed by atoms with E-state index < -0.39 is 0 Å². The van der Waals surface area contributed by atoms with Crippen LogP contribution >= 0.6 is 0 Å². The lowest BCUT2D eigenvalue weighted by Crippen LogP contribution is -2.08. The Morgan fingerprint density at radius 2 is 1.38 bits per heavy atom. The van der Waals surface area contributed by atoms with Crippen LogP contribution in [0.2, 0.25) is 0 Å². The fraction of sp³-hybridized carbons (Fsp3) is 0.0588. The van der Waals surface area contributed by atoms with Gasteiger partial charge in [0.15, 0.2) is 0 Å². The number of benzene rings is 2. The van der Waals surface area contributed by atoms with Crippen LogP contribution in [0.4, 0.5) is 11.4 Å². The number of anilines is 2. The summed E-state index contributed by atoms with van der Waals surface area (Å²) in [6, 6.07) is 18.4. The van der Waals surface area contributed by atoms with Crippen LogP contribution in [0, 0.1) is 0 Å². The Kier molecular flexibility index (Phi) is 3.62. The van der Waals surface area contributed by atoms with Gasteiger partial charge >= 0.3 is 0 Å². The molecule has 0 aliphatic rings. The van der Waals surface area contributed by atoms with E-state index in [0.29, 0.717) is 11.4 Å². The number of methoxy groups -OCH3 is 1. The zero-order chi connectivity index (χ0) is 14.7. The van der Waals surface area contributed by atoms with Gasteiger partial charge in [0.1, 0.15) is 5.75 Å². The molecule has 0 amide bonds. The van der Waals surface area contributed by atoms with Crippen molar-refractivity contribution in [2.75, 3.05) is 12.2 Å². The Morgan fingerprint density at radius 1 is 0.857 bits per heavy atom. The van der Waals surface area contributed by atoms with Crippen molar-refractivity contribution in [2.24, 2.45) is 0 Å². The van der Waals surface area contributed by atoms with E-state index in [0.717, 1.165) is 16.5 Å². The van der Waals surface area contributed by atoms with Crippen LogP contribution in [0.15, 0.2) is 73.1 Å². The predicted octanol–water partition coefficient (Wildman–Crippen LogP) is 3.97. The molecule has 1 aromatic heterocycles. The van der Waals surface area contributed by atoms with Crippen LogP contribution in [0.25, 0.3) is 5.69 Å². The second-order valence-electron chi connectivity index (χ2n) is 4.60. The fourth-order valence-corrected chi connectivity index (χ4v) is 2.13. The third kappa shape index (κ3) is 2.75. The van der Waals surface area contributed by atoms with Crippen LogP contribution in [0.3, 0.4) is 0 Å². The molecule has 3 rings (SSSR count). The van der Waals surface area contributed by atoms with Crippen molar-refractivity contribution in [1.82, 2.24) is 4.57 Å². The van der Waals surface area contributed by atoms with Gasteiger partial charge in [0.2, 0.25) is 0 Å². The van der Waals surface area contributed by atoms with Crippen molar-refractivity contribution < 1.29 is 9.94 Å². The zero-order valence-corrected chi connectivity index (χ0v) is 11.6. The average Bonchev–Trinajstić information content (AvgIpc) is 3.09. The normalized spacial score (nSPS) is 10.4.